The molecule has 2 aromatic rings. The third-order valence-corrected chi connectivity index (χ3v) is 3.85. The maximum Gasteiger partial charge on any atom is 0.227 e. The van der Waals surface area contributed by atoms with Crippen molar-refractivity contribution in [1.29, 1.82) is 0 Å². The highest BCUT2D eigenvalue weighted by atomic mass is 16.5. The molecule has 116 valence electrons. The van der Waals surface area contributed by atoms with E-state index < -0.39 is 0 Å². The zero-order chi connectivity index (χ0) is 15.9. The first-order chi connectivity index (χ1) is 10.6. The van der Waals surface area contributed by atoms with Crippen LogP contribution in [0.3, 0.4) is 0 Å². The monoisotopic (exact) mass is 297 g/mol. The minimum atomic E-state index is 0.0136. The van der Waals surface area contributed by atoms with E-state index in [4.69, 9.17) is 4.74 Å². The standard InChI is InChI=1S/C19H23NO2/c1-4-14(2)19(21)20-17-10-11-18(22-3)16(13-17)12-15-8-6-5-7-9-15/h5-11,13-14H,4,12H2,1-3H3,(H,20,21). The van der Waals surface area contributed by atoms with Gasteiger partial charge in [0.05, 0.1) is 7.11 Å². The Labute approximate surface area is 132 Å². The average molecular weight is 297 g/mol. The molecular formula is C19H23NO2. The third-order valence-electron chi connectivity index (χ3n) is 3.85. The fourth-order valence-corrected chi connectivity index (χ4v) is 2.26. The van der Waals surface area contributed by atoms with Gasteiger partial charge in [-0.2, -0.15) is 0 Å². The van der Waals surface area contributed by atoms with E-state index >= 15 is 0 Å². The molecule has 0 aromatic heterocycles. The second-order valence-corrected chi connectivity index (χ2v) is 5.49. The molecule has 0 radical (unpaired) electrons. The number of rotatable bonds is 6. The van der Waals surface area contributed by atoms with Crippen molar-refractivity contribution in [3.63, 3.8) is 0 Å². The Morgan fingerprint density at radius 2 is 1.91 bits per heavy atom. The van der Waals surface area contributed by atoms with Crippen LogP contribution in [0.1, 0.15) is 31.4 Å². The van der Waals surface area contributed by atoms with Crippen LogP contribution >= 0.6 is 0 Å². The number of benzene rings is 2. The maximum absolute atomic E-state index is 12.0. The van der Waals surface area contributed by atoms with Gasteiger partial charge in [0.1, 0.15) is 5.75 Å². The molecule has 3 nitrogen and oxygen atoms in total. The lowest BCUT2D eigenvalue weighted by molar-refractivity contribution is -0.119. The lowest BCUT2D eigenvalue weighted by atomic mass is 10.0. The third kappa shape index (κ3) is 4.10. The van der Waals surface area contributed by atoms with E-state index in [1.54, 1.807) is 7.11 Å². The maximum atomic E-state index is 12.0. The SMILES string of the molecule is CCC(C)C(=O)Nc1ccc(OC)c(Cc2ccccc2)c1. The Balaban J connectivity index is 2.21. The molecule has 0 aliphatic heterocycles. The molecular weight excluding hydrogens is 274 g/mol. The predicted octanol–water partition coefficient (Wildman–Crippen LogP) is 4.27. The van der Waals surface area contributed by atoms with Gasteiger partial charge in [0.25, 0.3) is 0 Å². The number of hydrogen-bond acceptors (Lipinski definition) is 2. The summed E-state index contributed by atoms with van der Waals surface area (Å²) in [5.41, 5.74) is 3.10. The van der Waals surface area contributed by atoms with Crippen LogP contribution in [0.25, 0.3) is 0 Å². The fourth-order valence-electron chi connectivity index (χ4n) is 2.26. The molecule has 2 rings (SSSR count). The van der Waals surface area contributed by atoms with E-state index in [0.717, 1.165) is 29.8 Å². The van der Waals surface area contributed by atoms with E-state index in [0.29, 0.717) is 0 Å². The lowest BCUT2D eigenvalue weighted by Gasteiger charge is -2.14. The van der Waals surface area contributed by atoms with E-state index in [2.05, 4.69) is 17.4 Å². The molecule has 0 aliphatic rings. The molecule has 1 unspecified atom stereocenters. The number of nitrogens with one attached hydrogen (secondary N) is 1. The van der Waals surface area contributed by atoms with Crippen molar-refractivity contribution in [1.82, 2.24) is 0 Å². The Hall–Kier alpha value is -2.29. The summed E-state index contributed by atoms with van der Waals surface area (Å²) >= 11 is 0. The normalized spacial score (nSPS) is 11.8. The molecule has 0 saturated heterocycles. The molecule has 0 bridgehead atoms. The van der Waals surface area contributed by atoms with Gasteiger partial charge in [0.2, 0.25) is 5.91 Å². The van der Waals surface area contributed by atoms with E-state index in [9.17, 15) is 4.79 Å². The van der Waals surface area contributed by atoms with Crippen LogP contribution in [0.5, 0.6) is 5.75 Å². The minimum Gasteiger partial charge on any atom is -0.496 e. The number of carbonyl (C=O) groups excluding carboxylic acids is 1. The smallest absolute Gasteiger partial charge is 0.227 e. The molecule has 0 spiro atoms. The van der Waals surface area contributed by atoms with Crippen LogP contribution in [-0.2, 0) is 11.2 Å². The average Bonchev–Trinajstić information content (AvgIpc) is 2.55. The Morgan fingerprint density at radius 3 is 2.55 bits per heavy atom. The Morgan fingerprint density at radius 1 is 1.18 bits per heavy atom. The van der Waals surface area contributed by atoms with Crippen LogP contribution < -0.4 is 10.1 Å². The van der Waals surface area contributed by atoms with Crippen molar-refractivity contribution in [3.05, 3.63) is 59.7 Å². The lowest BCUT2D eigenvalue weighted by Crippen LogP contribution is -2.19. The molecule has 2 aromatic carbocycles. The molecule has 0 aliphatic carbocycles. The topological polar surface area (TPSA) is 38.3 Å². The van der Waals surface area contributed by atoms with Gasteiger partial charge in [0.15, 0.2) is 0 Å². The highest BCUT2D eigenvalue weighted by Gasteiger charge is 2.12. The van der Waals surface area contributed by atoms with Crippen LogP contribution in [0.2, 0.25) is 0 Å². The first-order valence-corrected chi connectivity index (χ1v) is 7.65. The number of ether oxygens (including phenoxy) is 1. The summed E-state index contributed by atoms with van der Waals surface area (Å²) in [5, 5.41) is 2.98. The van der Waals surface area contributed by atoms with Crippen molar-refractivity contribution in [2.75, 3.05) is 12.4 Å². The highest BCUT2D eigenvalue weighted by Crippen LogP contribution is 2.25. The van der Waals surface area contributed by atoms with Gasteiger partial charge in [-0.15, -0.1) is 0 Å². The summed E-state index contributed by atoms with van der Waals surface area (Å²) in [5.74, 6) is 0.906. The number of hydrogen-bond donors (Lipinski definition) is 1. The second kappa shape index (κ2) is 7.64. The van der Waals surface area contributed by atoms with Gasteiger partial charge in [-0.25, -0.2) is 0 Å². The van der Waals surface area contributed by atoms with Crippen molar-refractivity contribution in [3.8, 4) is 5.75 Å². The summed E-state index contributed by atoms with van der Waals surface area (Å²) in [6, 6.07) is 16.0. The zero-order valence-electron chi connectivity index (χ0n) is 13.4. The van der Waals surface area contributed by atoms with Crippen LogP contribution in [0.4, 0.5) is 5.69 Å². The van der Waals surface area contributed by atoms with Gasteiger partial charge < -0.3 is 10.1 Å². The van der Waals surface area contributed by atoms with E-state index in [1.807, 2.05) is 50.2 Å². The highest BCUT2D eigenvalue weighted by molar-refractivity contribution is 5.92. The molecule has 3 heteroatoms. The van der Waals surface area contributed by atoms with Crippen molar-refractivity contribution < 1.29 is 9.53 Å². The van der Waals surface area contributed by atoms with Crippen molar-refractivity contribution in [2.24, 2.45) is 5.92 Å². The Bertz CT molecular complexity index is 623. The number of methoxy groups -OCH3 is 1. The van der Waals surface area contributed by atoms with Gasteiger partial charge in [0, 0.05) is 23.6 Å². The summed E-state index contributed by atoms with van der Waals surface area (Å²) in [6.45, 7) is 3.95. The molecule has 22 heavy (non-hydrogen) atoms. The molecule has 1 amide bonds. The van der Waals surface area contributed by atoms with Gasteiger partial charge >= 0.3 is 0 Å². The molecule has 1 N–H and O–H groups in total. The molecule has 0 heterocycles. The zero-order valence-corrected chi connectivity index (χ0v) is 13.4. The first kappa shape index (κ1) is 16.1. The largest absolute Gasteiger partial charge is 0.496 e. The fraction of sp³-hybridized carbons (Fsp3) is 0.316. The second-order valence-electron chi connectivity index (χ2n) is 5.49. The molecule has 1 atom stereocenters. The van der Waals surface area contributed by atoms with Gasteiger partial charge in [-0.05, 0) is 30.2 Å². The molecule has 0 fully saturated rings. The van der Waals surface area contributed by atoms with Crippen molar-refractivity contribution in [2.45, 2.75) is 26.7 Å². The predicted molar refractivity (Wildman–Crippen MR) is 90.3 cm³/mol. The van der Waals surface area contributed by atoms with E-state index in [1.165, 1.54) is 5.56 Å². The van der Waals surface area contributed by atoms with Crippen LogP contribution in [-0.4, -0.2) is 13.0 Å². The first-order valence-electron chi connectivity index (χ1n) is 7.65. The van der Waals surface area contributed by atoms with E-state index in [-0.39, 0.29) is 11.8 Å². The quantitative estimate of drug-likeness (QED) is 0.864. The summed E-state index contributed by atoms with van der Waals surface area (Å²) < 4.78 is 5.43. The number of carbonyl (C=O) groups is 1. The van der Waals surface area contributed by atoms with Gasteiger partial charge in [-0.3, -0.25) is 4.79 Å². The van der Waals surface area contributed by atoms with Crippen molar-refractivity contribution >= 4 is 11.6 Å². The van der Waals surface area contributed by atoms with Crippen LogP contribution in [0, 0.1) is 5.92 Å². The summed E-state index contributed by atoms with van der Waals surface area (Å²) in [4.78, 5) is 12.0. The minimum absolute atomic E-state index is 0.0136. The molecule has 0 saturated carbocycles. The Kier molecular flexibility index (Phi) is 5.59. The van der Waals surface area contributed by atoms with Gasteiger partial charge in [-0.1, -0.05) is 44.2 Å². The summed E-state index contributed by atoms with van der Waals surface area (Å²) in [6.07, 6.45) is 1.61. The van der Waals surface area contributed by atoms with Crippen LogP contribution in [0.15, 0.2) is 48.5 Å². The summed E-state index contributed by atoms with van der Waals surface area (Å²) in [7, 11) is 1.67. The number of anilines is 1. The number of amides is 1.